The molecule has 3 fully saturated rings. The van der Waals surface area contributed by atoms with Crippen LogP contribution in [0.3, 0.4) is 0 Å². The van der Waals surface area contributed by atoms with Crippen molar-refractivity contribution in [1.29, 1.82) is 0 Å². The minimum Gasteiger partial charge on any atom is -0.494 e. The Morgan fingerprint density at radius 1 is 1.02 bits per heavy atom. The van der Waals surface area contributed by atoms with Gasteiger partial charge in [0.15, 0.2) is 0 Å². The van der Waals surface area contributed by atoms with E-state index in [0.29, 0.717) is 12.6 Å². The number of amides is 2. The van der Waals surface area contributed by atoms with Crippen molar-refractivity contribution in [1.82, 2.24) is 14.7 Å². The third kappa shape index (κ3) is 8.57. The first-order chi connectivity index (χ1) is 20.7. The molecule has 0 saturated carbocycles. The van der Waals surface area contributed by atoms with Gasteiger partial charge < -0.3 is 24.4 Å². The molecule has 44 heavy (non-hydrogen) atoms. The van der Waals surface area contributed by atoms with E-state index in [1.54, 1.807) is 0 Å². The lowest BCUT2D eigenvalue weighted by molar-refractivity contribution is -0.192. The predicted octanol–water partition coefficient (Wildman–Crippen LogP) is 6.20. The highest BCUT2D eigenvalue weighted by molar-refractivity contribution is 5.97. The number of aryl methyl sites for hydroxylation is 2. The number of benzene rings is 1. The number of aliphatic carboxylic acids is 1. The zero-order chi connectivity index (χ0) is 32.7. The van der Waals surface area contributed by atoms with Crippen molar-refractivity contribution in [2.24, 2.45) is 0 Å². The van der Waals surface area contributed by atoms with Crippen molar-refractivity contribution < 1.29 is 42.1 Å². The molecule has 0 bridgehead atoms. The number of unbranched alkanes of at least 4 members (excludes halogenated alkanes) is 2. The van der Waals surface area contributed by atoms with Crippen LogP contribution in [0, 0.1) is 13.8 Å². The second kappa shape index (κ2) is 15.3. The summed E-state index contributed by atoms with van der Waals surface area (Å²) in [6.07, 6.45) is 3.97. The number of carbonyl (C=O) groups is 3. The number of carboxylic acid groups (broad SMARTS) is 1. The van der Waals surface area contributed by atoms with E-state index in [9.17, 15) is 22.8 Å². The highest BCUT2D eigenvalue weighted by atomic mass is 19.4. The largest absolute Gasteiger partial charge is 0.494 e. The Bertz CT molecular complexity index is 1120. The molecular formula is C32H48F3N3O6. The number of piperidine rings is 2. The molecule has 4 rings (SSSR count). The molecule has 3 heterocycles. The predicted molar refractivity (Wildman–Crippen MR) is 160 cm³/mol. The summed E-state index contributed by atoms with van der Waals surface area (Å²) in [5, 5.41) is 7.12. The first-order valence-electron chi connectivity index (χ1n) is 15.8. The molecule has 3 aliphatic rings. The molecule has 248 valence electrons. The number of hydrogen-bond donors (Lipinski definition) is 1. The molecule has 1 aromatic rings. The highest BCUT2D eigenvalue weighted by Crippen LogP contribution is 2.41. The quantitative estimate of drug-likeness (QED) is 0.326. The van der Waals surface area contributed by atoms with Gasteiger partial charge in [-0.3, -0.25) is 9.69 Å². The van der Waals surface area contributed by atoms with Crippen LogP contribution >= 0.6 is 0 Å². The summed E-state index contributed by atoms with van der Waals surface area (Å²) in [7, 11) is 1.90. The lowest BCUT2D eigenvalue weighted by Gasteiger charge is -2.46. The zero-order valence-corrected chi connectivity index (χ0v) is 26.7. The molecule has 3 aliphatic heterocycles. The zero-order valence-electron chi connectivity index (χ0n) is 26.7. The number of alkyl halides is 3. The van der Waals surface area contributed by atoms with Crippen molar-refractivity contribution >= 4 is 18.0 Å². The average Bonchev–Trinajstić information content (AvgIpc) is 3.19. The molecule has 1 unspecified atom stereocenters. The van der Waals surface area contributed by atoms with Gasteiger partial charge in [-0.25, -0.2) is 9.59 Å². The standard InChI is InChI=1S/C30H47N3O4.C2HF3O2/c1-6-8-10-26-30(37-29(35)31(26)5)13-17-32(18-14-30)24-11-15-33(16-12-24)28(34)27-22(3)20-25(21-23(27)4)36-19-9-7-2;3-2(4,5)1(6)7/h20-21,24,26H,6-19H2,1-5H3;(H,6,7). The number of rotatable bonds is 9. The van der Waals surface area contributed by atoms with Crippen molar-refractivity contribution in [3.8, 4) is 5.75 Å². The maximum atomic E-state index is 13.5. The maximum absolute atomic E-state index is 13.5. The van der Waals surface area contributed by atoms with E-state index in [1.165, 1.54) is 0 Å². The fourth-order valence-electron chi connectivity index (χ4n) is 6.62. The van der Waals surface area contributed by atoms with Crippen molar-refractivity contribution in [3.63, 3.8) is 0 Å². The van der Waals surface area contributed by atoms with Crippen LogP contribution in [0.15, 0.2) is 12.1 Å². The third-order valence-corrected chi connectivity index (χ3v) is 9.13. The molecule has 9 nitrogen and oxygen atoms in total. The smallest absolute Gasteiger partial charge is 0.490 e. The van der Waals surface area contributed by atoms with Crippen molar-refractivity contribution in [2.75, 3.05) is 39.8 Å². The highest BCUT2D eigenvalue weighted by Gasteiger charge is 2.53. The van der Waals surface area contributed by atoms with Crippen LogP contribution in [0.25, 0.3) is 0 Å². The first-order valence-corrected chi connectivity index (χ1v) is 15.8. The second-order valence-electron chi connectivity index (χ2n) is 12.2. The summed E-state index contributed by atoms with van der Waals surface area (Å²) in [6.45, 7) is 12.6. The Balaban J connectivity index is 0.000000676. The second-order valence-corrected chi connectivity index (χ2v) is 12.2. The number of carbonyl (C=O) groups excluding carboxylic acids is 2. The lowest BCUT2D eigenvalue weighted by atomic mass is 9.81. The fraction of sp³-hybridized carbons (Fsp3) is 0.719. The van der Waals surface area contributed by atoms with Gasteiger partial charge in [0.05, 0.1) is 12.6 Å². The Labute approximate surface area is 258 Å². The van der Waals surface area contributed by atoms with E-state index >= 15 is 0 Å². The summed E-state index contributed by atoms with van der Waals surface area (Å²) in [6, 6.07) is 4.69. The Hall–Kier alpha value is -3.02. The molecule has 1 N–H and O–H groups in total. The number of halogens is 3. The van der Waals surface area contributed by atoms with E-state index in [4.69, 9.17) is 19.4 Å². The number of likely N-dealkylation sites (N-methyl/N-ethyl adjacent to an activating group) is 1. The average molecular weight is 628 g/mol. The van der Waals surface area contributed by atoms with E-state index in [1.807, 2.05) is 42.8 Å². The van der Waals surface area contributed by atoms with Crippen LogP contribution in [0.1, 0.15) is 93.1 Å². The summed E-state index contributed by atoms with van der Waals surface area (Å²) >= 11 is 0. The van der Waals surface area contributed by atoms with Gasteiger partial charge in [0.1, 0.15) is 11.4 Å². The van der Waals surface area contributed by atoms with Crippen LogP contribution < -0.4 is 4.74 Å². The molecule has 2 amide bonds. The van der Waals surface area contributed by atoms with Gasteiger partial charge in [-0.2, -0.15) is 13.2 Å². The third-order valence-electron chi connectivity index (χ3n) is 9.13. The van der Waals surface area contributed by atoms with Gasteiger partial charge in [0, 0.05) is 57.7 Å². The van der Waals surface area contributed by atoms with Crippen LogP contribution in [0.4, 0.5) is 18.0 Å². The van der Waals surface area contributed by atoms with Gasteiger partial charge >= 0.3 is 18.2 Å². The van der Waals surface area contributed by atoms with Gasteiger partial charge in [0.2, 0.25) is 0 Å². The molecule has 1 aromatic carbocycles. The lowest BCUT2D eigenvalue weighted by Crippen LogP contribution is -2.55. The molecule has 0 aromatic heterocycles. The fourth-order valence-corrected chi connectivity index (χ4v) is 6.62. The summed E-state index contributed by atoms with van der Waals surface area (Å²) in [4.78, 5) is 41.2. The number of likely N-dealkylation sites (tertiary alicyclic amines) is 2. The maximum Gasteiger partial charge on any atom is 0.490 e. The Kier molecular flexibility index (Phi) is 12.3. The Morgan fingerprint density at radius 3 is 2.07 bits per heavy atom. The molecule has 3 saturated heterocycles. The normalized spacial score (nSPS) is 20.7. The summed E-state index contributed by atoms with van der Waals surface area (Å²) in [5.41, 5.74) is 2.49. The number of carboxylic acids is 1. The minimum absolute atomic E-state index is 0.144. The monoisotopic (exact) mass is 627 g/mol. The van der Waals surface area contributed by atoms with Gasteiger partial charge in [-0.05, 0) is 62.8 Å². The van der Waals surface area contributed by atoms with E-state index < -0.39 is 12.1 Å². The molecule has 12 heteroatoms. The number of ether oxygens (including phenoxy) is 2. The summed E-state index contributed by atoms with van der Waals surface area (Å²) < 4.78 is 43.6. The molecule has 0 aliphatic carbocycles. The van der Waals surface area contributed by atoms with E-state index in [0.717, 1.165) is 106 Å². The number of hydrogen-bond acceptors (Lipinski definition) is 6. The topological polar surface area (TPSA) is 99.6 Å². The minimum atomic E-state index is -5.08. The van der Waals surface area contributed by atoms with Gasteiger partial charge in [0.25, 0.3) is 5.91 Å². The van der Waals surface area contributed by atoms with E-state index in [2.05, 4.69) is 18.7 Å². The number of nitrogens with zero attached hydrogens (tertiary/aromatic N) is 3. The Morgan fingerprint density at radius 2 is 1.57 bits per heavy atom. The van der Waals surface area contributed by atoms with Gasteiger partial charge in [-0.15, -0.1) is 0 Å². The van der Waals surface area contributed by atoms with Crippen LogP contribution in [0.5, 0.6) is 5.75 Å². The SMILES string of the molecule is CCCCOc1cc(C)c(C(=O)N2CCC(N3CCC4(CC3)OC(=O)N(C)C4CCCC)CC2)c(C)c1.O=C(O)C(F)(F)F. The van der Waals surface area contributed by atoms with Crippen LogP contribution in [0.2, 0.25) is 0 Å². The van der Waals surface area contributed by atoms with E-state index in [-0.39, 0.29) is 23.6 Å². The first kappa shape index (κ1) is 35.5. The molecular weight excluding hydrogens is 579 g/mol. The molecule has 1 atom stereocenters. The van der Waals surface area contributed by atoms with Crippen molar-refractivity contribution in [3.05, 3.63) is 28.8 Å². The van der Waals surface area contributed by atoms with Crippen LogP contribution in [-0.2, 0) is 9.53 Å². The van der Waals surface area contributed by atoms with Gasteiger partial charge in [-0.1, -0.05) is 33.1 Å². The molecule has 1 spiro atoms. The summed E-state index contributed by atoms with van der Waals surface area (Å²) in [5.74, 6) is -1.75. The van der Waals surface area contributed by atoms with Crippen LogP contribution in [-0.4, -0.2) is 101 Å². The molecule has 0 radical (unpaired) electrons. The van der Waals surface area contributed by atoms with Crippen molar-refractivity contribution in [2.45, 2.75) is 109 Å².